The van der Waals surface area contributed by atoms with Crippen LogP contribution in [-0.4, -0.2) is 5.11 Å². The molecule has 0 saturated heterocycles. The van der Waals surface area contributed by atoms with Crippen LogP contribution in [0, 0.1) is 13.8 Å². The minimum Gasteiger partial charge on any atom is -0.384 e. The van der Waals surface area contributed by atoms with Crippen LogP contribution in [0.5, 0.6) is 0 Å². The molecule has 0 radical (unpaired) electrons. The van der Waals surface area contributed by atoms with E-state index in [0.29, 0.717) is 0 Å². The molecule has 1 N–H and O–H groups in total. The van der Waals surface area contributed by atoms with Gasteiger partial charge in [0.2, 0.25) is 0 Å². The van der Waals surface area contributed by atoms with Crippen LogP contribution in [0.4, 0.5) is 0 Å². The zero-order chi connectivity index (χ0) is 11.3. The summed E-state index contributed by atoms with van der Waals surface area (Å²) in [6, 6.07) is 12.6. The van der Waals surface area contributed by atoms with Crippen LogP contribution in [0.25, 0.3) is 11.1 Å². The summed E-state index contributed by atoms with van der Waals surface area (Å²) in [5, 5.41) is 10.3. The fourth-order valence-corrected chi connectivity index (χ4v) is 2.47. The van der Waals surface area contributed by atoms with Crippen molar-refractivity contribution in [1.29, 1.82) is 0 Å². The lowest BCUT2D eigenvalue weighted by atomic mass is 10.0. The van der Waals surface area contributed by atoms with Crippen molar-refractivity contribution in [3.8, 4) is 11.1 Å². The van der Waals surface area contributed by atoms with Gasteiger partial charge in [0.1, 0.15) is 6.10 Å². The number of hydrogen-bond acceptors (Lipinski definition) is 1. The van der Waals surface area contributed by atoms with Crippen LogP contribution >= 0.6 is 0 Å². The van der Waals surface area contributed by atoms with Gasteiger partial charge >= 0.3 is 0 Å². The maximum atomic E-state index is 10.3. The normalized spacial score (nSPS) is 13.7. The third-order valence-electron chi connectivity index (χ3n) is 3.29. The molecule has 0 amide bonds. The first-order valence-corrected chi connectivity index (χ1v) is 5.56. The Kier molecular flexibility index (Phi) is 1.92. The minimum atomic E-state index is -0.454. The van der Waals surface area contributed by atoms with Gasteiger partial charge in [0, 0.05) is 0 Å². The maximum Gasteiger partial charge on any atom is 0.105 e. The largest absolute Gasteiger partial charge is 0.384 e. The molecule has 3 rings (SSSR count). The van der Waals surface area contributed by atoms with E-state index in [-0.39, 0.29) is 0 Å². The van der Waals surface area contributed by atoms with Crippen LogP contribution < -0.4 is 0 Å². The number of aliphatic hydroxyl groups excluding tert-OH is 1. The fourth-order valence-electron chi connectivity index (χ4n) is 2.47. The molecule has 0 atom stereocenters. The lowest BCUT2D eigenvalue weighted by Crippen LogP contribution is -1.94. The fraction of sp³-hybridized carbons (Fsp3) is 0.200. The molecule has 2 aromatic carbocycles. The summed E-state index contributed by atoms with van der Waals surface area (Å²) in [4.78, 5) is 0. The second-order valence-electron chi connectivity index (χ2n) is 4.58. The molecule has 16 heavy (non-hydrogen) atoms. The predicted octanol–water partition coefficient (Wildman–Crippen LogP) is 3.37. The lowest BCUT2D eigenvalue weighted by molar-refractivity contribution is 0.225. The van der Waals surface area contributed by atoms with E-state index >= 15 is 0 Å². The van der Waals surface area contributed by atoms with Crippen LogP contribution in [0.2, 0.25) is 0 Å². The van der Waals surface area contributed by atoms with Gasteiger partial charge in [-0.2, -0.15) is 0 Å². The Morgan fingerprint density at radius 2 is 1.25 bits per heavy atom. The molecule has 1 aliphatic rings. The monoisotopic (exact) mass is 210 g/mol. The molecular formula is C15H14O. The summed E-state index contributed by atoms with van der Waals surface area (Å²) in [6.45, 7) is 4.11. The van der Waals surface area contributed by atoms with Gasteiger partial charge in [-0.15, -0.1) is 0 Å². The quantitative estimate of drug-likeness (QED) is 0.706. The van der Waals surface area contributed by atoms with Gasteiger partial charge in [-0.1, -0.05) is 47.5 Å². The summed E-state index contributed by atoms with van der Waals surface area (Å²) in [6.07, 6.45) is -0.454. The average Bonchev–Trinajstić information content (AvgIpc) is 2.53. The molecule has 0 saturated carbocycles. The first kappa shape index (κ1) is 9.61. The Morgan fingerprint density at radius 1 is 0.812 bits per heavy atom. The Hall–Kier alpha value is -1.60. The van der Waals surface area contributed by atoms with Gasteiger partial charge in [-0.25, -0.2) is 0 Å². The van der Waals surface area contributed by atoms with Crippen LogP contribution in [0.1, 0.15) is 28.4 Å². The number of hydrogen-bond donors (Lipinski definition) is 1. The van der Waals surface area contributed by atoms with Crippen molar-refractivity contribution in [2.24, 2.45) is 0 Å². The van der Waals surface area contributed by atoms with E-state index in [1.54, 1.807) is 0 Å². The number of aliphatic hydroxyl groups is 1. The van der Waals surface area contributed by atoms with Crippen molar-refractivity contribution in [1.82, 2.24) is 0 Å². The molecule has 0 bridgehead atoms. The van der Waals surface area contributed by atoms with Crippen molar-refractivity contribution in [3.05, 3.63) is 58.7 Å². The lowest BCUT2D eigenvalue weighted by Gasteiger charge is -2.06. The van der Waals surface area contributed by atoms with E-state index in [2.05, 4.69) is 50.2 Å². The molecule has 0 aliphatic heterocycles. The van der Waals surface area contributed by atoms with Gasteiger partial charge in [-0.3, -0.25) is 0 Å². The van der Waals surface area contributed by atoms with E-state index < -0.39 is 6.10 Å². The second-order valence-corrected chi connectivity index (χ2v) is 4.58. The van der Waals surface area contributed by atoms with Gasteiger partial charge in [0.05, 0.1) is 0 Å². The first-order chi connectivity index (χ1) is 7.66. The topological polar surface area (TPSA) is 20.2 Å². The molecule has 1 nitrogen and oxygen atoms in total. The van der Waals surface area contributed by atoms with Crippen molar-refractivity contribution < 1.29 is 5.11 Å². The molecule has 0 spiro atoms. The molecule has 1 heteroatoms. The van der Waals surface area contributed by atoms with Crippen molar-refractivity contribution >= 4 is 0 Å². The summed E-state index contributed by atoms with van der Waals surface area (Å²) < 4.78 is 0. The minimum absolute atomic E-state index is 0.454. The molecule has 0 aromatic heterocycles. The Balaban J connectivity index is 2.30. The van der Waals surface area contributed by atoms with Gasteiger partial charge < -0.3 is 5.11 Å². The van der Waals surface area contributed by atoms with E-state index in [1.165, 1.54) is 22.3 Å². The highest BCUT2D eigenvalue weighted by molar-refractivity contribution is 5.78. The van der Waals surface area contributed by atoms with Crippen LogP contribution in [0.15, 0.2) is 36.4 Å². The van der Waals surface area contributed by atoms with Gasteiger partial charge in [0.15, 0.2) is 0 Å². The molecule has 0 heterocycles. The van der Waals surface area contributed by atoms with E-state index in [4.69, 9.17) is 0 Å². The first-order valence-electron chi connectivity index (χ1n) is 5.56. The zero-order valence-electron chi connectivity index (χ0n) is 9.49. The van der Waals surface area contributed by atoms with E-state index in [1.807, 2.05) is 0 Å². The van der Waals surface area contributed by atoms with Crippen LogP contribution in [-0.2, 0) is 0 Å². The third-order valence-corrected chi connectivity index (χ3v) is 3.29. The third kappa shape index (κ3) is 1.22. The van der Waals surface area contributed by atoms with Crippen LogP contribution in [0.3, 0.4) is 0 Å². The Bertz CT molecular complexity index is 518. The highest BCUT2D eigenvalue weighted by atomic mass is 16.3. The maximum absolute atomic E-state index is 10.3. The highest BCUT2D eigenvalue weighted by Crippen LogP contribution is 2.43. The summed E-state index contributed by atoms with van der Waals surface area (Å²) in [5.74, 6) is 0. The summed E-state index contributed by atoms with van der Waals surface area (Å²) in [5.41, 5.74) is 6.83. The molecular weight excluding hydrogens is 196 g/mol. The Labute approximate surface area is 95.4 Å². The Morgan fingerprint density at radius 3 is 1.69 bits per heavy atom. The summed E-state index contributed by atoms with van der Waals surface area (Å²) in [7, 11) is 0. The summed E-state index contributed by atoms with van der Waals surface area (Å²) >= 11 is 0. The number of fused-ring (bicyclic) bond motifs is 3. The smallest absolute Gasteiger partial charge is 0.105 e. The van der Waals surface area contributed by atoms with Gasteiger partial charge in [0.25, 0.3) is 0 Å². The second kappa shape index (κ2) is 3.19. The van der Waals surface area contributed by atoms with Gasteiger partial charge in [-0.05, 0) is 36.1 Å². The van der Waals surface area contributed by atoms with Crippen molar-refractivity contribution in [3.63, 3.8) is 0 Å². The zero-order valence-corrected chi connectivity index (χ0v) is 9.49. The predicted molar refractivity (Wildman–Crippen MR) is 65.4 cm³/mol. The van der Waals surface area contributed by atoms with E-state index in [0.717, 1.165) is 11.1 Å². The molecule has 80 valence electrons. The number of rotatable bonds is 0. The molecule has 0 fully saturated rings. The standard InChI is InChI=1S/C15H14O/c1-9-3-5-11-12-6-4-10(2)8-14(12)15(16)13(11)7-9/h3-8,15-16H,1-2H3. The molecule has 1 aliphatic carbocycles. The average molecular weight is 210 g/mol. The van der Waals surface area contributed by atoms with Crippen molar-refractivity contribution in [2.45, 2.75) is 20.0 Å². The highest BCUT2D eigenvalue weighted by Gasteiger charge is 2.26. The SMILES string of the molecule is Cc1ccc2c(c1)C(O)c1cc(C)ccc1-2. The molecule has 2 aromatic rings. The van der Waals surface area contributed by atoms with E-state index in [9.17, 15) is 5.11 Å². The number of benzene rings is 2. The number of aryl methyl sites for hydroxylation is 2. The molecule has 0 unspecified atom stereocenters. The van der Waals surface area contributed by atoms with Crippen molar-refractivity contribution in [2.75, 3.05) is 0 Å².